The van der Waals surface area contributed by atoms with Gasteiger partial charge in [0, 0.05) is 26.7 Å². The van der Waals surface area contributed by atoms with Crippen molar-refractivity contribution in [2.45, 2.75) is 32.4 Å². The van der Waals surface area contributed by atoms with Crippen molar-refractivity contribution >= 4 is 18.3 Å². The summed E-state index contributed by atoms with van der Waals surface area (Å²) in [6.45, 7) is 5.18. The Labute approximate surface area is 144 Å². The number of hydrogen-bond acceptors (Lipinski definition) is 4. The zero-order valence-corrected chi connectivity index (χ0v) is 14.7. The highest BCUT2D eigenvalue weighted by molar-refractivity contribution is 5.85. The Morgan fingerprint density at radius 1 is 1.39 bits per heavy atom. The highest BCUT2D eigenvalue weighted by Gasteiger charge is 2.16. The molecule has 2 rings (SSSR count). The molecule has 1 aliphatic heterocycles. The molecule has 1 fully saturated rings. The first kappa shape index (κ1) is 19.7. The number of likely N-dealkylation sites (N-methyl/N-ethyl adjacent to an activating group) is 1. The molecule has 130 valence electrons. The van der Waals surface area contributed by atoms with Crippen LogP contribution in [0.25, 0.3) is 0 Å². The zero-order valence-electron chi connectivity index (χ0n) is 13.9. The van der Waals surface area contributed by atoms with Gasteiger partial charge >= 0.3 is 0 Å². The van der Waals surface area contributed by atoms with E-state index >= 15 is 0 Å². The van der Waals surface area contributed by atoms with Crippen LogP contribution >= 0.6 is 12.4 Å². The van der Waals surface area contributed by atoms with Gasteiger partial charge in [-0.1, -0.05) is 12.1 Å². The van der Waals surface area contributed by atoms with Crippen molar-refractivity contribution < 1.29 is 14.3 Å². The molecule has 0 aliphatic carbocycles. The van der Waals surface area contributed by atoms with Gasteiger partial charge in [0.25, 0.3) is 0 Å². The summed E-state index contributed by atoms with van der Waals surface area (Å²) in [6, 6.07) is 7.86. The molecule has 1 aromatic rings. The van der Waals surface area contributed by atoms with Crippen molar-refractivity contribution in [2.24, 2.45) is 0 Å². The van der Waals surface area contributed by atoms with Crippen LogP contribution in [0.3, 0.4) is 0 Å². The number of carbonyl (C=O) groups excluding carboxylic acids is 1. The van der Waals surface area contributed by atoms with E-state index in [-0.39, 0.29) is 24.4 Å². The quantitative estimate of drug-likeness (QED) is 0.787. The fourth-order valence-electron chi connectivity index (χ4n) is 2.50. The molecule has 23 heavy (non-hydrogen) atoms. The van der Waals surface area contributed by atoms with Gasteiger partial charge in [-0.2, -0.15) is 0 Å². The summed E-state index contributed by atoms with van der Waals surface area (Å²) in [5.41, 5.74) is 1.10. The Balaban J connectivity index is 0.00000264. The van der Waals surface area contributed by atoms with Crippen LogP contribution in [0, 0.1) is 0 Å². The first-order valence-electron chi connectivity index (χ1n) is 7.97. The van der Waals surface area contributed by atoms with Gasteiger partial charge in [0.2, 0.25) is 5.91 Å². The van der Waals surface area contributed by atoms with Crippen LogP contribution in [0.2, 0.25) is 0 Å². The summed E-state index contributed by atoms with van der Waals surface area (Å²) in [5, 5.41) is 3.18. The standard InChI is InChI=1S/C17H26N2O3.ClH/c1-3-21-15-8-6-14(7-9-15)13-19(2)17(20)12-18-11-16-5-4-10-22-16;/h6-9,16,18H,3-5,10-13H2,1-2H3;1H. The predicted molar refractivity (Wildman–Crippen MR) is 93.2 cm³/mol. The van der Waals surface area contributed by atoms with Crippen molar-refractivity contribution in [1.29, 1.82) is 0 Å². The first-order valence-corrected chi connectivity index (χ1v) is 7.97. The molecule has 1 unspecified atom stereocenters. The molecule has 1 atom stereocenters. The number of rotatable bonds is 8. The Bertz CT molecular complexity index is 461. The lowest BCUT2D eigenvalue weighted by molar-refractivity contribution is -0.129. The Kier molecular flexibility index (Phi) is 8.99. The molecule has 0 bridgehead atoms. The molecule has 6 heteroatoms. The van der Waals surface area contributed by atoms with Crippen LogP contribution in [0.4, 0.5) is 0 Å². The van der Waals surface area contributed by atoms with Gasteiger partial charge in [0.15, 0.2) is 0 Å². The summed E-state index contributed by atoms with van der Waals surface area (Å²) in [7, 11) is 1.83. The SMILES string of the molecule is CCOc1ccc(CN(C)C(=O)CNCC2CCCO2)cc1.Cl. The van der Waals surface area contributed by atoms with Crippen LogP contribution in [0.1, 0.15) is 25.3 Å². The molecule has 1 N–H and O–H groups in total. The molecule has 1 heterocycles. The molecule has 5 nitrogen and oxygen atoms in total. The summed E-state index contributed by atoms with van der Waals surface area (Å²) >= 11 is 0. The molecule has 0 spiro atoms. The maximum atomic E-state index is 12.1. The maximum absolute atomic E-state index is 12.1. The second kappa shape index (κ2) is 10.5. The molecule has 1 saturated heterocycles. The molecular weight excluding hydrogens is 316 g/mol. The monoisotopic (exact) mass is 342 g/mol. The van der Waals surface area contributed by atoms with E-state index in [0.29, 0.717) is 19.7 Å². The average molecular weight is 343 g/mol. The van der Waals surface area contributed by atoms with Gasteiger partial charge in [-0.25, -0.2) is 0 Å². The van der Waals surface area contributed by atoms with Gasteiger partial charge in [0.1, 0.15) is 5.75 Å². The Hall–Kier alpha value is -1.30. The summed E-state index contributed by atoms with van der Waals surface area (Å²) < 4.78 is 10.9. The molecule has 0 aromatic heterocycles. The minimum Gasteiger partial charge on any atom is -0.494 e. The van der Waals surface area contributed by atoms with E-state index < -0.39 is 0 Å². The van der Waals surface area contributed by atoms with Gasteiger partial charge in [-0.05, 0) is 37.5 Å². The fraction of sp³-hybridized carbons (Fsp3) is 0.588. The van der Waals surface area contributed by atoms with Gasteiger partial charge in [-0.3, -0.25) is 4.79 Å². The van der Waals surface area contributed by atoms with E-state index in [4.69, 9.17) is 9.47 Å². The number of halogens is 1. The van der Waals surface area contributed by atoms with Crippen molar-refractivity contribution in [1.82, 2.24) is 10.2 Å². The summed E-state index contributed by atoms with van der Waals surface area (Å²) in [6.07, 6.45) is 2.48. The van der Waals surface area contributed by atoms with Gasteiger partial charge in [-0.15, -0.1) is 12.4 Å². The van der Waals surface area contributed by atoms with Gasteiger partial charge in [0.05, 0.1) is 19.3 Å². The Morgan fingerprint density at radius 2 is 2.13 bits per heavy atom. The molecule has 1 aliphatic rings. The first-order chi connectivity index (χ1) is 10.7. The van der Waals surface area contributed by atoms with E-state index in [1.54, 1.807) is 4.90 Å². The highest BCUT2D eigenvalue weighted by Crippen LogP contribution is 2.13. The minimum absolute atomic E-state index is 0. The van der Waals surface area contributed by atoms with Crippen LogP contribution in [0.15, 0.2) is 24.3 Å². The topological polar surface area (TPSA) is 50.8 Å². The van der Waals surface area contributed by atoms with Crippen LogP contribution < -0.4 is 10.1 Å². The van der Waals surface area contributed by atoms with E-state index in [0.717, 1.165) is 37.3 Å². The molecular formula is C17H27ClN2O3. The fourth-order valence-corrected chi connectivity index (χ4v) is 2.50. The predicted octanol–water partition coefficient (Wildman–Crippen LogP) is 2.23. The van der Waals surface area contributed by atoms with Crippen LogP contribution in [0.5, 0.6) is 5.75 Å². The minimum atomic E-state index is 0. The van der Waals surface area contributed by atoms with E-state index in [1.165, 1.54) is 0 Å². The smallest absolute Gasteiger partial charge is 0.236 e. The third-order valence-electron chi connectivity index (χ3n) is 3.75. The number of nitrogens with zero attached hydrogens (tertiary/aromatic N) is 1. The third-order valence-corrected chi connectivity index (χ3v) is 3.75. The van der Waals surface area contributed by atoms with E-state index in [2.05, 4.69) is 5.32 Å². The average Bonchev–Trinajstić information content (AvgIpc) is 3.02. The van der Waals surface area contributed by atoms with E-state index in [9.17, 15) is 4.79 Å². The number of hydrogen-bond donors (Lipinski definition) is 1. The van der Waals surface area contributed by atoms with Crippen molar-refractivity contribution in [3.63, 3.8) is 0 Å². The second-order valence-electron chi connectivity index (χ2n) is 5.59. The number of benzene rings is 1. The normalized spacial score (nSPS) is 16.7. The second-order valence-corrected chi connectivity index (χ2v) is 5.59. The highest BCUT2D eigenvalue weighted by atomic mass is 35.5. The number of nitrogens with one attached hydrogen (secondary N) is 1. The molecule has 1 aromatic carbocycles. The number of amides is 1. The zero-order chi connectivity index (χ0) is 15.8. The summed E-state index contributed by atoms with van der Waals surface area (Å²) in [4.78, 5) is 13.8. The van der Waals surface area contributed by atoms with Gasteiger partial charge < -0.3 is 19.7 Å². The lowest BCUT2D eigenvalue weighted by atomic mass is 10.2. The Morgan fingerprint density at radius 3 is 2.74 bits per heavy atom. The lowest BCUT2D eigenvalue weighted by Crippen LogP contribution is -2.38. The number of ether oxygens (including phenoxy) is 2. The third kappa shape index (κ3) is 6.77. The molecule has 0 saturated carbocycles. The maximum Gasteiger partial charge on any atom is 0.236 e. The molecule has 1 amide bonds. The van der Waals surface area contributed by atoms with E-state index in [1.807, 2.05) is 38.2 Å². The van der Waals surface area contributed by atoms with Crippen LogP contribution in [-0.4, -0.2) is 50.3 Å². The number of carbonyl (C=O) groups is 1. The van der Waals surface area contributed by atoms with Crippen molar-refractivity contribution in [2.75, 3.05) is 33.4 Å². The van der Waals surface area contributed by atoms with Crippen molar-refractivity contribution in [3.05, 3.63) is 29.8 Å². The van der Waals surface area contributed by atoms with Crippen molar-refractivity contribution in [3.8, 4) is 5.75 Å². The lowest BCUT2D eigenvalue weighted by Gasteiger charge is -2.18. The van der Waals surface area contributed by atoms with Crippen LogP contribution in [-0.2, 0) is 16.1 Å². The summed E-state index contributed by atoms with van der Waals surface area (Å²) in [5.74, 6) is 0.949. The largest absolute Gasteiger partial charge is 0.494 e. The molecule has 0 radical (unpaired) electrons.